The monoisotopic (exact) mass is 264 g/mol. The van der Waals surface area contributed by atoms with Crippen LogP contribution in [0.25, 0.3) is 0 Å². The molecule has 0 aromatic rings. The van der Waals surface area contributed by atoms with Crippen LogP contribution in [0.4, 0.5) is 0 Å². The molecule has 3 rings (SSSR count). The van der Waals surface area contributed by atoms with Gasteiger partial charge in [0.15, 0.2) is 0 Å². The first-order chi connectivity index (χ1) is 9.23. The lowest BCUT2D eigenvalue weighted by Gasteiger charge is -2.56. The molecule has 0 aromatic heterocycles. The second kappa shape index (κ2) is 5.73. The second-order valence-electron chi connectivity index (χ2n) is 7.49. The maximum absolute atomic E-state index is 3.70. The summed E-state index contributed by atoms with van der Waals surface area (Å²) in [6, 6.07) is 0.865. The van der Waals surface area contributed by atoms with Crippen molar-refractivity contribution in [1.29, 1.82) is 0 Å². The van der Waals surface area contributed by atoms with Crippen molar-refractivity contribution in [2.24, 2.45) is 11.8 Å². The van der Waals surface area contributed by atoms with Gasteiger partial charge in [-0.2, -0.15) is 0 Å². The topological polar surface area (TPSA) is 15.3 Å². The summed E-state index contributed by atoms with van der Waals surface area (Å²) in [6.07, 6.45) is 11.6. The fourth-order valence-electron chi connectivity index (χ4n) is 5.04. The van der Waals surface area contributed by atoms with E-state index in [1.807, 2.05) is 0 Å². The lowest BCUT2D eigenvalue weighted by molar-refractivity contribution is -0.0452. The van der Waals surface area contributed by atoms with E-state index >= 15 is 0 Å². The largest absolute Gasteiger partial charge is 0.314 e. The fourth-order valence-corrected chi connectivity index (χ4v) is 5.04. The highest BCUT2D eigenvalue weighted by Crippen LogP contribution is 2.41. The zero-order valence-electron chi connectivity index (χ0n) is 13.0. The first-order valence-electron chi connectivity index (χ1n) is 8.70. The average molecular weight is 264 g/mol. The molecule has 0 amide bonds. The lowest BCUT2D eigenvalue weighted by Crippen LogP contribution is -2.66. The molecule has 2 heteroatoms. The number of nitrogens with zero attached hydrogens (tertiary/aromatic N) is 1. The summed E-state index contributed by atoms with van der Waals surface area (Å²) in [5.74, 6) is 1.82. The van der Waals surface area contributed by atoms with Crippen LogP contribution in [-0.2, 0) is 0 Å². The molecule has 3 fully saturated rings. The van der Waals surface area contributed by atoms with Gasteiger partial charge in [-0.3, -0.25) is 4.90 Å². The van der Waals surface area contributed by atoms with Crippen LogP contribution < -0.4 is 5.32 Å². The van der Waals surface area contributed by atoms with E-state index in [1.54, 1.807) is 0 Å². The molecule has 3 unspecified atom stereocenters. The van der Waals surface area contributed by atoms with Crippen molar-refractivity contribution in [1.82, 2.24) is 10.2 Å². The molecule has 110 valence electrons. The molecule has 0 bridgehead atoms. The Kier molecular flexibility index (Phi) is 4.19. The van der Waals surface area contributed by atoms with Gasteiger partial charge in [-0.05, 0) is 31.1 Å². The van der Waals surface area contributed by atoms with E-state index in [1.165, 1.54) is 71.0 Å². The Bertz CT molecular complexity index is 287. The predicted octanol–water partition coefficient (Wildman–Crippen LogP) is 3.42. The van der Waals surface area contributed by atoms with Gasteiger partial charge >= 0.3 is 0 Å². The summed E-state index contributed by atoms with van der Waals surface area (Å²) in [5, 5.41) is 3.70. The highest BCUT2D eigenvalue weighted by Gasteiger charge is 2.45. The molecule has 1 aliphatic heterocycles. The molecule has 0 aromatic carbocycles. The van der Waals surface area contributed by atoms with Gasteiger partial charge in [0.2, 0.25) is 0 Å². The van der Waals surface area contributed by atoms with Crippen molar-refractivity contribution in [3.63, 3.8) is 0 Å². The molecule has 2 aliphatic carbocycles. The van der Waals surface area contributed by atoms with Crippen LogP contribution in [0.5, 0.6) is 0 Å². The summed E-state index contributed by atoms with van der Waals surface area (Å²) < 4.78 is 0. The first kappa shape index (κ1) is 13.9. The molecule has 1 N–H and O–H groups in total. The van der Waals surface area contributed by atoms with Crippen LogP contribution in [0.1, 0.15) is 65.2 Å². The Morgan fingerprint density at radius 3 is 2.58 bits per heavy atom. The summed E-state index contributed by atoms with van der Waals surface area (Å²) in [7, 11) is 0. The molecule has 1 saturated heterocycles. The third kappa shape index (κ3) is 2.58. The van der Waals surface area contributed by atoms with Crippen molar-refractivity contribution in [3.8, 4) is 0 Å². The second-order valence-corrected chi connectivity index (χ2v) is 7.49. The number of hydrogen-bond donors (Lipinski definition) is 1. The minimum absolute atomic E-state index is 0.520. The third-order valence-electron chi connectivity index (χ3n) is 6.44. The Labute approximate surface area is 119 Å². The number of rotatable bonds is 1. The van der Waals surface area contributed by atoms with E-state index < -0.39 is 0 Å². The van der Waals surface area contributed by atoms with Gasteiger partial charge in [0.25, 0.3) is 0 Å². The SMILES string of the molecule is CC1CCCC(N2CCNCC23CCCCC3)C1C. The molecular weight excluding hydrogens is 232 g/mol. The van der Waals surface area contributed by atoms with E-state index in [-0.39, 0.29) is 0 Å². The summed E-state index contributed by atoms with van der Waals surface area (Å²) >= 11 is 0. The van der Waals surface area contributed by atoms with E-state index in [0.29, 0.717) is 5.54 Å². The normalized spacial score (nSPS) is 40.4. The molecule has 3 atom stereocenters. The standard InChI is InChI=1S/C17H32N2/c1-14-7-6-8-16(15(14)2)19-12-11-18-13-17(19)9-4-3-5-10-17/h14-16,18H,3-13H2,1-2H3. The number of piperazine rings is 1. The van der Waals surface area contributed by atoms with Crippen molar-refractivity contribution in [2.75, 3.05) is 19.6 Å². The smallest absolute Gasteiger partial charge is 0.0337 e. The minimum atomic E-state index is 0.520. The van der Waals surface area contributed by atoms with E-state index in [2.05, 4.69) is 24.1 Å². The Morgan fingerprint density at radius 1 is 1.00 bits per heavy atom. The molecule has 3 aliphatic rings. The highest BCUT2D eigenvalue weighted by atomic mass is 15.3. The van der Waals surface area contributed by atoms with Crippen molar-refractivity contribution in [2.45, 2.75) is 76.8 Å². The molecule has 19 heavy (non-hydrogen) atoms. The van der Waals surface area contributed by atoms with Gasteiger partial charge in [0.1, 0.15) is 0 Å². The fraction of sp³-hybridized carbons (Fsp3) is 1.00. The van der Waals surface area contributed by atoms with Crippen LogP contribution in [0.3, 0.4) is 0 Å². The summed E-state index contributed by atoms with van der Waals surface area (Å²) in [5.41, 5.74) is 0.520. The molecule has 2 saturated carbocycles. The van der Waals surface area contributed by atoms with Gasteiger partial charge in [0, 0.05) is 31.2 Å². The van der Waals surface area contributed by atoms with E-state index in [4.69, 9.17) is 0 Å². The van der Waals surface area contributed by atoms with E-state index in [9.17, 15) is 0 Å². The van der Waals surface area contributed by atoms with Crippen molar-refractivity contribution in [3.05, 3.63) is 0 Å². The zero-order valence-corrected chi connectivity index (χ0v) is 13.0. The molecule has 1 spiro atoms. The maximum Gasteiger partial charge on any atom is 0.0337 e. The molecule has 0 radical (unpaired) electrons. The molecule has 2 nitrogen and oxygen atoms in total. The van der Waals surface area contributed by atoms with Gasteiger partial charge in [0.05, 0.1) is 0 Å². The van der Waals surface area contributed by atoms with Crippen LogP contribution in [0.15, 0.2) is 0 Å². The van der Waals surface area contributed by atoms with Gasteiger partial charge in [-0.1, -0.05) is 46.0 Å². The van der Waals surface area contributed by atoms with Crippen molar-refractivity contribution >= 4 is 0 Å². The maximum atomic E-state index is 3.70. The quantitative estimate of drug-likeness (QED) is 0.780. The van der Waals surface area contributed by atoms with Gasteiger partial charge in [-0.25, -0.2) is 0 Å². The highest BCUT2D eigenvalue weighted by molar-refractivity contribution is 5.02. The Hall–Kier alpha value is -0.0800. The average Bonchev–Trinajstić information content (AvgIpc) is 2.44. The Balaban J connectivity index is 1.79. The van der Waals surface area contributed by atoms with Crippen LogP contribution in [-0.4, -0.2) is 36.1 Å². The van der Waals surface area contributed by atoms with E-state index in [0.717, 1.165) is 17.9 Å². The van der Waals surface area contributed by atoms with Crippen LogP contribution in [0.2, 0.25) is 0 Å². The molecular formula is C17H32N2. The Morgan fingerprint density at radius 2 is 1.79 bits per heavy atom. The van der Waals surface area contributed by atoms with Gasteiger partial charge < -0.3 is 5.32 Å². The van der Waals surface area contributed by atoms with Crippen molar-refractivity contribution < 1.29 is 0 Å². The molecule has 1 heterocycles. The summed E-state index contributed by atoms with van der Waals surface area (Å²) in [6.45, 7) is 8.76. The third-order valence-corrected chi connectivity index (χ3v) is 6.44. The predicted molar refractivity (Wildman–Crippen MR) is 81.4 cm³/mol. The zero-order chi connectivity index (χ0) is 13.3. The number of hydrogen-bond acceptors (Lipinski definition) is 2. The van der Waals surface area contributed by atoms with Gasteiger partial charge in [-0.15, -0.1) is 0 Å². The number of nitrogens with one attached hydrogen (secondary N) is 1. The van der Waals surface area contributed by atoms with Crippen LogP contribution >= 0.6 is 0 Å². The first-order valence-corrected chi connectivity index (χ1v) is 8.70. The van der Waals surface area contributed by atoms with Crippen LogP contribution in [0, 0.1) is 11.8 Å². The minimum Gasteiger partial charge on any atom is -0.314 e. The summed E-state index contributed by atoms with van der Waals surface area (Å²) in [4.78, 5) is 2.98. The lowest BCUT2D eigenvalue weighted by atomic mass is 9.72.